The van der Waals surface area contributed by atoms with E-state index < -0.39 is 6.36 Å². The van der Waals surface area contributed by atoms with Crippen LogP contribution in [0.15, 0.2) is 18.2 Å². The van der Waals surface area contributed by atoms with Crippen molar-refractivity contribution in [2.45, 2.75) is 18.3 Å². The first kappa shape index (κ1) is 18.8. The van der Waals surface area contributed by atoms with Crippen LogP contribution < -0.4 is 15.0 Å². The van der Waals surface area contributed by atoms with Crippen molar-refractivity contribution in [3.8, 4) is 5.75 Å². The minimum Gasteiger partial charge on any atom is -0.406 e. The third kappa shape index (κ3) is 3.87. The summed E-state index contributed by atoms with van der Waals surface area (Å²) < 4.78 is 47.4. The van der Waals surface area contributed by atoms with Crippen LogP contribution in [0.25, 0.3) is 10.1 Å². The Kier molecular flexibility index (Phi) is 4.74. The standard InChI is InChI=1S/C17H16ClF3N2O3S/c18-14-12-2-1-11(26-17(19,20)21)5-13(12)27-15(14)23-4-3-16(8-23)9-25-7-10(24)6-22-16/h1-2,5,22H,3-4,6-9H2. The number of ketones is 1. The number of hydrogen-bond acceptors (Lipinski definition) is 6. The number of halogens is 4. The van der Waals surface area contributed by atoms with Gasteiger partial charge in [-0.3, -0.25) is 4.79 Å². The maximum atomic E-state index is 12.4. The van der Waals surface area contributed by atoms with Crippen molar-refractivity contribution in [2.24, 2.45) is 0 Å². The first-order valence-corrected chi connectivity index (χ1v) is 9.51. The molecule has 0 radical (unpaired) electrons. The first-order valence-electron chi connectivity index (χ1n) is 8.32. The minimum absolute atomic E-state index is 0.0161. The smallest absolute Gasteiger partial charge is 0.406 e. The van der Waals surface area contributed by atoms with Gasteiger partial charge in [0.25, 0.3) is 0 Å². The van der Waals surface area contributed by atoms with Gasteiger partial charge in [0.05, 0.1) is 23.7 Å². The summed E-state index contributed by atoms with van der Waals surface area (Å²) in [7, 11) is 0. The van der Waals surface area contributed by atoms with E-state index in [1.807, 2.05) is 0 Å². The van der Waals surface area contributed by atoms with Gasteiger partial charge < -0.3 is 19.7 Å². The minimum atomic E-state index is -4.73. The number of fused-ring (bicyclic) bond motifs is 1. The molecule has 2 saturated heterocycles. The zero-order valence-electron chi connectivity index (χ0n) is 14.1. The highest BCUT2D eigenvalue weighted by Crippen LogP contribution is 2.45. The topological polar surface area (TPSA) is 50.8 Å². The number of Topliss-reactive ketones (excluding diaryl/α,β-unsaturated/α-hetero) is 1. The molecule has 2 aromatic rings. The first-order chi connectivity index (χ1) is 12.7. The highest BCUT2D eigenvalue weighted by Gasteiger charge is 2.41. The second kappa shape index (κ2) is 6.80. The average molecular weight is 421 g/mol. The van der Waals surface area contributed by atoms with E-state index in [2.05, 4.69) is 15.0 Å². The number of nitrogens with zero attached hydrogens (tertiary/aromatic N) is 1. The van der Waals surface area contributed by atoms with E-state index in [1.165, 1.54) is 29.5 Å². The van der Waals surface area contributed by atoms with E-state index >= 15 is 0 Å². The molecule has 27 heavy (non-hydrogen) atoms. The fourth-order valence-corrected chi connectivity index (χ4v) is 5.09. The fraction of sp³-hybridized carbons (Fsp3) is 0.471. The molecule has 2 fully saturated rings. The predicted octanol–water partition coefficient (Wildman–Crippen LogP) is 3.59. The molecule has 1 aromatic heterocycles. The average Bonchev–Trinajstić information content (AvgIpc) is 3.07. The van der Waals surface area contributed by atoms with Gasteiger partial charge in [-0.05, 0) is 24.6 Å². The lowest BCUT2D eigenvalue weighted by Gasteiger charge is -2.28. The van der Waals surface area contributed by atoms with Crippen LogP contribution >= 0.6 is 22.9 Å². The molecule has 1 atom stereocenters. The summed E-state index contributed by atoms with van der Waals surface area (Å²) in [4.78, 5) is 13.7. The third-order valence-corrected chi connectivity index (χ3v) is 6.47. The molecule has 0 bridgehead atoms. The molecule has 1 unspecified atom stereocenters. The summed E-state index contributed by atoms with van der Waals surface area (Å²) >= 11 is 7.83. The summed E-state index contributed by atoms with van der Waals surface area (Å²) in [5.74, 6) is -0.253. The Morgan fingerprint density at radius 1 is 1.37 bits per heavy atom. The molecule has 5 nitrogen and oxygen atoms in total. The van der Waals surface area contributed by atoms with E-state index in [1.54, 1.807) is 0 Å². The molecule has 2 aliphatic rings. The summed E-state index contributed by atoms with van der Waals surface area (Å²) in [6, 6.07) is 4.15. The van der Waals surface area contributed by atoms with Gasteiger partial charge >= 0.3 is 6.36 Å². The molecule has 2 aliphatic heterocycles. The lowest BCUT2D eigenvalue weighted by molar-refractivity contribution is -0.274. The zero-order chi connectivity index (χ0) is 19.2. The van der Waals surface area contributed by atoms with Gasteiger partial charge in [-0.25, -0.2) is 0 Å². The Labute approximate surface area is 162 Å². The van der Waals surface area contributed by atoms with Crippen molar-refractivity contribution in [3.63, 3.8) is 0 Å². The molecule has 1 N–H and O–H groups in total. The number of ether oxygens (including phenoxy) is 2. The molecule has 146 valence electrons. The molecule has 1 spiro atoms. The predicted molar refractivity (Wildman–Crippen MR) is 96.9 cm³/mol. The fourth-order valence-electron chi connectivity index (χ4n) is 3.49. The van der Waals surface area contributed by atoms with Crippen LogP contribution in [0.1, 0.15) is 6.42 Å². The van der Waals surface area contributed by atoms with Crippen LogP contribution in [-0.4, -0.2) is 50.5 Å². The molecule has 0 amide bonds. The van der Waals surface area contributed by atoms with Gasteiger partial charge in [0, 0.05) is 23.2 Å². The van der Waals surface area contributed by atoms with Crippen molar-refractivity contribution in [2.75, 3.05) is 37.7 Å². The number of rotatable bonds is 2. The summed E-state index contributed by atoms with van der Waals surface area (Å²) in [6.45, 7) is 2.13. The van der Waals surface area contributed by atoms with Gasteiger partial charge in [-0.2, -0.15) is 0 Å². The SMILES string of the molecule is O=C1CNC2(CCN(c3sc4cc(OC(F)(F)F)ccc4c3Cl)C2)COC1. The monoisotopic (exact) mass is 420 g/mol. The highest BCUT2D eigenvalue weighted by atomic mass is 35.5. The lowest BCUT2D eigenvalue weighted by atomic mass is 10.0. The molecular weight excluding hydrogens is 405 g/mol. The Bertz CT molecular complexity index is 888. The maximum Gasteiger partial charge on any atom is 0.573 e. The number of benzene rings is 1. The van der Waals surface area contributed by atoms with Crippen LogP contribution in [0, 0.1) is 0 Å². The molecule has 0 saturated carbocycles. The quantitative estimate of drug-likeness (QED) is 0.804. The summed E-state index contributed by atoms with van der Waals surface area (Å²) in [5, 5.41) is 5.29. The van der Waals surface area contributed by atoms with Gasteiger partial charge in [0.1, 0.15) is 17.4 Å². The number of alkyl halides is 3. The van der Waals surface area contributed by atoms with Crippen LogP contribution in [0.2, 0.25) is 5.02 Å². The number of anilines is 1. The van der Waals surface area contributed by atoms with Gasteiger partial charge in [0.15, 0.2) is 5.78 Å². The van der Waals surface area contributed by atoms with Crippen molar-refractivity contribution >= 4 is 43.8 Å². The normalized spacial score (nSPS) is 24.0. The largest absolute Gasteiger partial charge is 0.573 e. The molecule has 0 aliphatic carbocycles. The Hall–Kier alpha value is -1.55. The summed E-state index contributed by atoms with van der Waals surface area (Å²) in [5.41, 5.74) is -0.323. The van der Waals surface area contributed by atoms with Gasteiger partial charge in [0.2, 0.25) is 0 Å². The third-order valence-electron chi connectivity index (χ3n) is 4.76. The van der Waals surface area contributed by atoms with E-state index in [0.29, 0.717) is 34.8 Å². The van der Waals surface area contributed by atoms with Gasteiger partial charge in [-0.15, -0.1) is 24.5 Å². The second-order valence-corrected chi connectivity index (χ2v) is 8.17. The van der Waals surface area contributed by atoms with Crippen LogP contribution in [-0.2, 0) is 9.53 Å². The Balaban J connectivity index is 1.59. The van der Waals surface area contributed by atoms with Crippen LogP contribution in [0.5, 0.6) is 5.75 Å². The van der Waals surface area contributed by atoms with Crippen molar-refractivity contribution < 1.29 is 27.4 Å². The number of hydrogen-bond donors (Lipinski definition) is 1. The van der Waals surface area contributed by atoms with Crippen LogP contribution in [0.3, 0.4) is 0 Å². The van der Waals surface area contributed by atoms with E-state index in [4.69, 9.17) is 16.3 Å². The van der Waals surface area contributed by atoms with Gasteiger partial charge in [-0.1, -0.05) is 11.6 Å². The number of carbonyl (C=O) groups excluding carboxylic acids is 1. The summed E-state index contributed by atoms with van der Waals surface area (Å²) in [6.07, 6.45) is -3.95. The van der Waals surface area contributed by atoms with E-state index in [0.717, 1.165) is 11.4 Å². The van der Waals surface area contributed by atoms with Crippen molar-refractivity contribution in [1.29, 1.82) is 0 Å². The molecule has 10 heteroatoms. The maximum absolute atomic E-state index is 12.4. The molecule has 1 aromatic carbocycles. The van der Waals surface area contributed by atoms with E-state index in [9.17, 15) is 18.0 Å². The zero-order valence-corrected chi connectivity index (χ0v) is 15.6. The number of thiophene rings is 1. The van der Waals surface area contributed by atoms with Crippen molar-refractivity contribution in [3.05, 3.63) is 23.2 Å². The molecule has 4 rings (SSSR count). The molecular formula is C17H16ClF3N2O3S. The van der Waals surface area contributed by atoms with Crippen LogP contribution in [0.4, 0.5) is 18.2 Å². The number of nitrogens with one attached hydrogen (secondary N) is 1. The lowest BCUT2D eigenvalue weighted by Crippen LogP contribution is -2.50. The van der Waals surface area contributed by atoms with Crippen molar-refractivity contribution in [1.82, 2.24) is 5.32 Å². The van der Waals surface area contributed by atoms with E-state index in [-0.39, 0.29) is 30.2 Å². The Morgan fingerprint density at radius 2 is 2.19 bits per heavy atom. The number of carbonyl (C=O) groups is 1. The highest BCUT2D eigenvalue weighted by molar-refractivity contribution is 7.23. The second-order valence-electron chi connectivity index (χ2n) is 6.76. The molecule has 3 heterocycles. The Morgan fingerprint density at radius 3 is 2.96 bits per heavy atom.